The van der Waals surface area contributed by atoms with Crippen molar-refractivity contribution >= 4 is 0 Å². The van der Waals surface area contributed by atoms with Gasteiger partial charge in [-0.3, -0.25) is 4.90 Å². The quantitative estimate of drug-likeness (QED) is 0.813. The van der Waals surface area contributed by atoms with Crippen molar-refractivity contribution in [3.63, 3.8) is 0 Å². The van der Waals surface area contributed by atoms with Gasteiger partial charge in [0.05, 0.1) is 0 Å². The molecule has 0 spiro atoms. The minimum absolute atomic E-state index is 0.750. The Balaban J connectivity index is 1.80. The lowest BCUT2D eigenvalue weighted by molar-refractivity contribution is 0.0716. The fourth-order valence-corrected chi connectivity index (χ4v) is 4.29. The third-order valence-corrected chi connectivity index (χ3v) is 6.15. The Labute approximate surface area is 132 Å². The fraction of sp³-hybridized carbons (Fsp3) is 1.00. The predicted molar refractivity (Wildman–Crippen MR) is 91.7 cm³/mol. The van der Waals surface area contributed by atoms with E-state index in [2.05, 4.69) is 42.9 Å². The van der Waals surface area contributed by atoms with Gasteiger partial charge in [0.15, 0.2) is 0 Å². The van der Waals surface area contributed by atoms with Crippen molar-refractivity contribution in [1.29, 1.82) is 0 Å². The first-order chi connectivity index (χ1) is 10.2. The smallest absolute Gasteiger partial charge is 0.0113 e. The Hall–Kier alpha value is -0.120. The van der Waals surface area contributed by atoms with E-state index in [-0.39, 0.29) is 0 Å². The summed E-state index contributed by atoms with van der Waals surface area (Å²) in [5, 5.41) is 3.59. The van der Waals surface area contributed by atoms with Crippen LogP contribution in [-0.2, 0) is 0 Å². The molecule has 0 aromatic rings. The topological polar surface area (TPSA) is 18.5 Å². The van der Waals surface area contributed by atoms with Crippen LogP contribution < -0.4 is 5.32 Å². The first-order valence-electron chi connectivity index (χ1n) is 9.31. The predicted octanol–water partition coefficient (Wildman–Crippen LogP) is 2.82. The van der Waals surface area contributed by atoms with E-state index in [1.165, 1.54) is 64.8 Å². The highest BCUT2D eigenvalue weighted by Gasteiger charge is 2.31. The third-order valence-electron chi connectivity index (χ3n) is 6.15. The average molecular weight is 296 g/mol. The van der Waals surface area contributed by atoms with Gasteiger partial charge in [0.1, 0.15) is 0 Å². The zero-order valence-corrected chi connectivity index (χ0v) is 14.8. The number of piperazine rings is 1. The molecule has 4 atom stereocenters. The molecule has 0 bridgehead atoms. The molecule has 1 saturated heterocycles. The van der Waals surface area contributed by atoms with Crippen molar-refractivity contribution in [2.24, 2.45) is 11.8 Å². The summed E-state index contributed by atoms with van der Waals surface area (Å²) in [7, 11) is 2.16. The molecule has 0 aromatic heterocycles. The Bertz CT molecular complexity index is 286. The molecule has 1 heterocycles. The summed E-state index contributed by atoms with van der Waals surface area (Å²) in [5.41, 5.74) is 0. The average Bonchev–Trinajstić information content (AvgIpc) is 2.54. The summed E-state index contributed by atoms with van der Waals surface area (Å²) in [4.78, 5) is 5.40. The third kappa shape index (κ3) is 4.67. The largest absolute Gasteiger partial charge is 0.317 e. The van der Waals surface area contributed by atoms with Gasteiger partial charge in [-0.25, -0.2) is 0 Å². The maximum atomic E-state index is 3.59. The van der Waals surface area contributed by atoms with E-state index in [1.807, 2.05) is 0 Å². The van der Waals surface area contributed by atoms with Gasteiger partial charge in [-0.05, 0) is 51.5 Å². The maximum absolute atomic E-state index is 3.59. The lowest BCUT2D eigenvalue weighted by Gasteiger charge is -2.42. The van der Waals surface area contributed by atoms with Crippen LogP contribution in [0.3, 0.4) is 0 Å². The minimum atomic E-state index is 0.750. The molecule has 4 unspecified atom stereocenters. The van der Waals surface area contributed by atoms with Gasteiger partial charge in [0, 0.05) is 44.8 Å². The van der Waals surface area contributed by atoms with Gasteiger partial charge in [-0.1, -0.05) is 20.3 Å². The van der Waals surface area contributed by atoms with Gasteiger partial charge in [0.25, 0.3) is 0 Å². The first kappa shape index (κ1) is 17.2. The number of hydrogen-bond acceptors (Lipinski definition) is 3. The zero-order chi connectivity index (χ0) is 15.2. The molecule has 1 aliphatic carbocycles. The molecule has 2 rings (SSSR count). The summed E-state index contributed by atoms with van der Waals surface area (Å²) in [5.74, 6) is 1.84. The lowest BCUT2D eigenvalue weighted by atomic mass is 9.76. The first-order valence-corrected chi connectivity index (χ1v) is 9.31. The van der Waals surface area contributed by atoms with E-state index >= 15 is 0 Å². The van der Waals surface area contributed by atoms with E-state index in [4.69, 9.17) is 0 Å². The second kappa shape index (κ2) is 8.50. The van der Waals surface area contributed by atoms with Crippen molar-refractivity contribution in [3.8, 4) is 0 Å². The Kier molecular flexibility index (Phi) is 6.97. The van der Waals surface area contributed by atoms with Crippen LogP contribution in [0.25, 0.3) is 0 Å². The number of hydrogen-bond donors (Lipinski definition) is 1. The molecule has 0 amide bonds. The Morgan fingerprint density at radius 1 is 1.10 bits per heavy atom. The van der Waals surface area contributed by atoms with Gasteiger partial charge in [0.2, 0.25) is 0 Å². The van der Waals surface area contributed by atoms with Crippen LogP contribution >= 0.6 is 0 Å². The molecule has 0 aromatic carbocycles. The summed E-state index contributed by atoms with van der Waals surface area (Å²) < 4.78 is 0. The van der Waals surface area contributed by atoms with Crippen LogP contribution in [-0.4, -0.2) is 61.7 Å². The van der Waals surface area contributed by atoms with E-state index < -0.39 is 0 Å². The molecule has 3 nitrogen and oxygen atoms in total. The summed E-state index contributed by atoms with van der Waals surface area (Å²) in [6, 6.07) is 1.51. The van der Waals surface area contributed by atoms with Gasteiger partial charge in [-0.15, -0.1) is 0 Å². The van der Waals surface area contributed by atoms with Crippen molar-refractivity contribution in [3.05, 3.63) is 0 Å². The fourth-order valence-electron chi connectivity index (χ4n) is 4.29. The molecule has 3 heteroatoms. The van der Waals surface area contributed by atoms with Crippen molar-refractivity contribution < 1.29 is 0 Å². The molecule has 1 N–H and O–H groups in total. The molecule has 0 radical (unpaired) electrons. The molecule has 1 aliphatic heterocycles. The van der Waals surface area contributed by atoms with Crippen LogP contribution in [0.2, 0.25) is 0 Å². The Morgan fingerprint density at radius 3 is 2.38 bits per heavy atom. The SMILES string of the molecule is CCC1CCC(NC)C(CN2CCN(C(C)CC)CC2)C1. The molecule has 1 saturated carbocycles. The molecule has 124 valence electrons. The lowest BCUT2D eigenvalue weighted by Crippen LogP contribution is -2.52. The van der Waals surface area contributed by atoms with E-state index in [0.717, 1.165) is 23.9 Å². The molecule has 21 heavy (non-hydrogen) atoms. The summed E-state index contributed by atoms with van der Waals surface area (Å²) >= 11 is 0. The number of nitrogens with one attached hydrogen (secondary N) is 1. The molecular weight excluding hydrogens is 258 g/mol. The molecular formula is C18H37N3. The normalized spacial score (nSPS) is 34.0. The Morgan fingerprint density at radius 2 is 1.81 bits per heavy atom. The standard InChI is InChI=1S/C18H37N3/c1-5-15(3)21-11-9-20(10-12-21)14-17-13-16(6-2)7-8-18(17)19-4/h15-19H,5-14H2,1-4H3. The van der Waals surface area contributed by atoms with Gasteiger partial charge in [-0.2, -0.15) is 0 Å². The van der Waals surface area contributed by atoms with Crippen molar-refractivity contribution in [2.75, 3.05) is 39.8 Å². The maximum Gasteiger partial charge on any atom is 0.0113 e. The second-order valence-electron chi connectivity index (χ2n) is 7.34. The van der Waals surface area contributed by atoms with Crippen LogP contribution in [0.4, 0.5) is 0 Å². The number of rotatable bonds is 6. The number of nitrogens with zero attached hydrogens (tertiary/aromatic N) is 2. The monoisotopic (exact) mass is 295 g/mol. The van der Waals surface area contributed by atoms with E-state index in [0.29, 0.717) is 0 Å². The molecule has 2 aliphatic rings. The van der Waals surface area contributed by atoms with Gasteiger partial charge >= 0.3 is 0 Å². The molecule has 2 fully saturated rings. The highest BCUT2D eigenvalue weighted by molar-refractivity contribution is 4.87. The van der Waals surface area contributed by atoms with Gasteiger partial charge < -0.3 is 10.2 Å². The van der Waals surface area contributed by atoms with Crippen LogP contribution in [0, 0.1) is 11.8 Å². The summed E-state index contributed by atoms with van der Waals surface area (Å²) in [6.07, 6.45) is 6.90. The van der Waals surface area contributed by atoms with Crippen LogP contribution in [0.1, 0.15) is 52.9 Å². The highest BCUT2D eigenvalue weighted by atomic mass is 15.3. The van der Waals surface area contributed by atoms with E-state index in [1.54, 1.807) is 0 Å². The zero-order valence-electron chi connectivity index (χ0n) is 14.8. The van der Waals surface area contributed by atoms with Crippen molar-refractivity contribution in [1.82, 2.24) is 15.1 Å². The minimum Gasteiger partial charge on any atom is -0.317 e. The van der Waals surface area contributed by atoms with Crippen molar-refractivity contribution in [2.45, 2.75) is 65.0 Å². The van der Waals surface area contributed by atoms with E-state index in [9.17, 15) is 0 Å². The van der Waals surface area contributed by atoms with Crippen LogP contribution in [0.15, 0.2) is 0 Å². The highest BCUT2D eigenvalue weighted by Crippen LogP contribution is 2.32. The van der Waals surface area contributed by atoms with Crippen LogP contribution in [0.5, 0.6) is 0 Å². The summed E-state index contributed by atoms with van der Waals surface area (Å²) in [6.45, 7) is 13.4. The second-order valence-corrected chi connectivity index (χ2v) is 7.34.